The minimum atomic E-state index is 0.0636. The maximum absolute atomic E-state index is 5.25. The van der Waals surface area contributed by atoms with E-state index in [1.807, 2.05) is 0 Å². The number of hydrogen-bond donors (Lipinski definition) is 1. The zero-order valence-corrected chi connectivity index (χ0v) is 15.6. The van der Waals surface area contributed by atoms with Gasteiger partial charge in [-0.2, -0.15) is 0 Å². The van der Waals surface area contributed by atoms with Crippen LogP contribution in [-0.2, 0) is 16.7 Å². The van der Waals surface area contributed by atoms with Gasteiger partial charge in [-0.15, -0.1) is 11.3 Å². The molecule has 21 heavy (non-hydrogen) atoms. The van der Waals surface area contributed by atoms with Crippen molar-refractivity contribution in [1.29, 1.82) is 0 Å². The Morgan fingerprint density at radius 2 is 1.90 bits per heavy atom. The monoisotopic (exact) mass is 313 g/mol. The van der Waals surface area contributed by atoms with Gasteiger partial charge in [0.15, 0.2) is 5.13 Å². The Morgan fingerprint density at radius 3 is 2.38 bits per heavy atom. The van der Waals surface area contributed by atoms with E-state index in [2.05, 4.69) is 58.8 Å². The first kappa shape index (κ1) is 18.4. The Bertz CT molecular complexity index is 437. The molecule has 1 aromatic heterocycles. The van der Waals surface area contributed by atoms with Crippen molar-refractivity contribution in [2.75, 3.05) is 25.7 Å². The van der Waals surface area contributed by atoms with Crippen molar-refractivity contribution in [3.05, 3.63) is 10.6 Å². The van der Waals surface area contributed by atoms with Gasteiger partial charge in [0, 0.05) is 37.0 Å². The van der Waals surface area contributed by atoms with Crippen molar-refractivity contribution in [3.8, 4) is 0 Å². The molecular formula is C16H31N3OS. The molecule has 0 aliphatic rings. The third kappa shape index (κ3) is 5.24. The molecule has 0 amide bonds. The van der Waals surface area contributed by atoms with Gasteiger partial charge in [0.25, 0.3) is 0 Å². The van der Waals surface area contributed by atoms with Crippen molar-refractivity contribution in [1.82, 2.24) is 10.3 Å². The lowest BCUT2D eigenvalue weighted by Gasteiger charge is -2.23. The van der Waals surface area contributed by atoms with Gasteiger partial charge in [-0.3, -0.25) is 0 Å². The lowest BCUT2D eigenvalue weighted by atomic mass is 9.91. The summed E-state index contributed by atoms with van der Waals surface area (Å²) in [6, 6.07) is 0.799. The fraction of sp³-hybridized carbons (Fsp3) is 0.812. The summed E-state index contributed by atoms with van der Waals surface area (Å²) in [6.45, 7) is 14.8. The third-order valence-corrected chi connectivity index (χ3v) is 4.58. The van der Waals surface area contributed by atoms with E-state index < -0.39 is 0 Å². The van der Waals surface area contributed by atoms with Crippen LogP contribution < -0.4 is 10.2 Å². The van der Waals surface area contributed by atoms with E-state index in [1.54, 1.807) is 18.4 Å². The van der Waals surface area contributed by atoms with Gasteiger partial charge in [0.2, 0.25) is 0 Å². The molecule has 1 atom stereocenters. The van der Waals surface area contributed by atoms with Crippen LogP contribution in [0.2, 0.25) is 0 Å². The Kier molecular flexibility index (Phi) is 6.63. The van der Waals surface area contributed by atoms with E-state index in [0.29, 0.717) is 18.7 Å². The molecule has 1 heterocycles. The normalized spacial score (nSPS) is 13.8. The Balaban J connectivity index is 3.02. The number of anilines is 1. The van der Waals surface area contributed by atoms with Crippen molar-refractivity contribution >= 4 is 16.5 Å². The van der Waals surface area contributed by atoms with Crippen LogP contribution in [0.4, 0.5) is 5.13 Å². The van der Waals surface area contributed by atoms with Gasteiger partial charge in [-0.05, 0) is 6.92 Å². The van der Waals surface area contributed by atoms with Crippen LogP contribution in [0.25, 0.3) is 0 Å². The third-order valence-electron chi connectivity index (χ3n) is 3.44. The molecule has 0 aliphatic heterocycles. The number of nitrogens with zero attached hydrogens (tertiary/aromatic N) is 2. The van der Waals surface area contributed by atoms with E-state index in [9.17, 15) is 0 Å². The molecule has 0 fully saturated rings. The van der Waals surface area contributed by atoms with Crippen molar-refractivity contribution in [3.63, 3.8) is 0 Å². The highest BCUT2D eigenvalue weighted by Crippen LogP contribution is 2.34. The van der Waals surface area contributed by atoms with Crippen LogP contribution in [0, 0.1) is 0 Å². The van der Waals surface area contributed by atoms with Crippen LogP contribution in [0.3, 0.4) is 0 Å². The van der Waals surface area contributed by atoms with Gasteiger partial charge in [0.05, 0.1) is 18.3 Å². The Hall–Kier alpha value is -0.650. The number of methoxy groups -OCH3 is 1. The van der Waals surface area contributed by atoms with E-state index in [0.717, 1.165) is 11.7 Å². The fourth-order valence-electron chi connectivity index (χ4n) is 2.03. The highest BCUT2D eigenvalue weighted by atomic mass is 32.1. The molecule has 1 aromatic rings. The summed E-state index contributed by atoms with van der Waals surface area (Å²) in [7, 11) is 3.83. The van der Waals surface area contributed by atoms with Crippen LogP contribution in [-0.4, -0.2) is 37.8 Å². The summed E-state index contributed by atoms with van der Waals surface area (Å²) in [5.74, 6) is 0. The van der Waals surface area contributed by atoms with Crippen LogP contribution >= 0.6 is 11.3 Å². The molecule has 1 rings (SSSR count). The van der Waals surface area contributed by atoms with Gasteiger partial charge in [0.1, 0.15) is 0 Å². The Labute approximate surface area is 133 Å². The van der Waals surface area contributed by atoms with E-state index in [-0.39, 0.29) is 5.41 Å². The number of ether oxygens (including phenoxy) is 1. The second-order valence-corrected chi connectivity index (χ2v) is 8.03. The first-order chi connectivity index (χ1) is 9.66. The van der Waals surface area contributed by atoms with Crippen LogP contribution in [0.15, 0.2) is 0 Å². The highest BCUT2D eigenvalue weighted by Gasteiger charge is 2.25. The number of thiazole rings is 1. The molecule has 0 bridgehead atoms. The topological polar surface area (TPSA) is 37.4 Å². The summed E-state index contributed by atoms with van der Waals surface area (Å²) in [5.41, 5.74) is 1.26. The van der Waals surface area contributed by atoms with E-state index in [4.69, 9.17) is 9.72 Å². The molecule has 0 aliphatic carbocycles. The van der Waals surface area contributed by atoms with Gasteiger partial charge >= 0.3 is 0 Å². The first-order valence-corrected chi connectivity index (χ1v) is 8.43. The van der Waals surface area contributed by atoms with E-state index >= 15 is 0 Å². The van der Waals surface area contributed by atoms with Gasteiger partial charge < -0.3 is 15.0 Å². The lowest BCUT2D eigenvalue weighted by Crippen LogP contribution is -2.32. The molecule has 0 aromatic carbocycles. The Morgan fingerprint density at radius 1 is 1.29 bits per heavy atom. The SMILES string of the molecule is COCC(C)N(C)c1nc(C(C)(C)C)c(CNC(C)C)s1. The molecular weight excluding hydrogens is 282 g/mol. The quantitative estimate of drug-likeness (QED) is 0.837. The number of aromatic nitrogens is 1. The number of hydrogen-bond acceptors (Lipinski definition) is 5. The second kappa shape index (κ2) is 7.56. The maximum Gasteiger partial charge on any atom is 0.185 e. The average Bonchev–Trinajstić information content (AvgIpc) is 2.79. The molecule has 5 heteroatoms. The molecule has 4 nitrogen and oxygen atoms in total. The van der Waals surface area contributed by atoms with Gasteiger partial charge in [-0.1, -0.05) is 34.6 Å². The summed E-state index contributed by atoms with van der Waals surface area (Å²) in [6.07, 6.45) is 0. The van der Waals surface area contributed by atoms with Crippen molar-refractivity contribution in [2.24, 2.45) is 0 Å². The smallest absolute Gasteiger partial charge is 0.185 e. The molecule has 1 N–H and O–H groups in total. The van der Waals surface area contributed by atoms with Crippen LogP contribution in [0.5, 0.6) is 0 Å². The first-order valence-electron chi connectivity index (χ1n) is 7.62. The zero-order chi connectivity index (χ0) is 16.2. The van der Waals surface area contributed by atoms with Gasteiger partial charge in [-0.25, -0.2) is 4.98 Å². The molecule has 122 valence electrons. The average molecular weight is 314 g/mol. The summed E-state index contributed by atoms with van der Waals surface area (Å²) >= 11 is 1.79. The minimum absolute atomic E-state index is 0.0636. The highest BCUT2D eigenvalue weighted by molar-refractivity contribution is 7.15. The summed E-state index contributed by atoms with van der Waals surface area (Å²) in [4.78, 5) is 8.46. The largest absolute Gasteiger partial charge is 0.383 e. The molecule has 0 saturated heterocycles. The summed E-state index contributed by atoms with van der Waals surface area (Å²) < 4.78 is 5.25. The van der Waals surface area contributed by atoms with Crippen molar-refractivity contribution < 1.29 is 4.74 Å². The van der Waals surface area contributed by atoms with Crippen LogP contribution in [0.1, 0.15) is 52.1 Å². The van der Waals surface area contributed by atoms with E-state index in [1.165, 1.54) is 10.6 Å². The lowest BCUT2D eigenvalue weighted by molar-refractivity contribution is 0.183. The maximum atomic E-state index is 5.25. The number of nitrogens with one attached hydrogen (secondary N) is 1. The second-order valence-electron chi connectivity index (χ2n) is 6.97. The number of rotatable bonds is 7. The molecule has 1 unspecified atom stereocenters. The minimum Gasteiger partial charge on any atom is -0.383 e. The number of likely N-dealkylation sites (N-methyl/N-ethyl adjacent to an activating group) is 1. The molecule has 0 saturated carbocycles. The summed E-state index contributed by atoms with van der Waals surface area (Å²) in [5, 5.41) is 4.58. The fourth-order valence-corrected chi connectivity index (χ4v) is 3.32. The predicted molar refractivity (Wildman–Crippen MR) is 92.5 cm³/mol. The van der Waals surface area contributed by atoms with Crippen molar-refractivity contribution in [2.45, 2.75) is 65.6 Å². The zero-order valence-electron chi connectivity index (χ0n) is 14.8. The molecule has 0 radical (unpaired) electrons. The standard InChI is InChI=1S/C16H31N3OS/c1-11(2)17-9-13-14(16(4,5)6)18-15(21-13)19(7)12(3)10-20-8/h11-12,17H,9-10H2,1-8H3. The predicted octanol–water partition coefficient (Wildman–Crippen LogP) is 3.41. The molecule has 0 spiro atoms.